The van der Waals surface area contributed by atoms with Gasteiger partial charge in [0.25, 0.3) is 10.0 Å². The van der Waals surface area contributed by atoms with E-state index in [0.29, 0.717) is 11.6 Å². The average Bonchev–Trinajstić information content (AvgIpc) is 2.89. The predicted molar refractivity (Wildman–Crippen MR) is 77.0 cm³/mol. The van der Waals surface area contributed by atoms with Crippen LogP contribution in [0.3, 0.4) is 0 Å². The third-order valence-corrected chi connectivity index (χ3v) is 4.14. The Balaban J connectivity index is 2.22. The summed E-state index contributed by atoms with van der Waals surface area (Å²) in [6, 6.07) is 9.15. The maximum Gasteiger partial charge on any atom is 0.371 e. The molecule has 7 heteroatoms. The quantitative estimate of drug-likeness (QED) is 0.885. The van der Waals surface area contributed by atoms with Gasteiger partial charge < -0.3 is 9.52 Å². The number of hydrogen-bond donors (Lipinski definition) is 2. The lowest BCUT2D eigenvalue weighted by atomic mass is 10.0. The molecule has 0 atom stereocenters. The lowest BCUT2D eigenvalue weighted by molar-refractivity contribution is 0.0656. The summed E-state index contributed by atoms with van der Waals surface area (Å²) in [5.74, 6) is -1.40. The molecule has 0 fully saturated rings. The Morgan fingerprint density at radius 3 is 2.24 bits per heavy atom. The fourth-order valence-electron chi connectivity index (χ4n) is 1.72. The van der Waals surface area contributed by atoms with Gasteiger partial charge in [-0.15, -0.1) is 0 Å². The van der Waals surface area contributed by atoms with Gasteiger partial charge in [-0.1, -0.05) is 26.0 Å². The van der Waals surface area contributed by atoms with Crippen LogP contribution in [0.4, 0.5) is 5.69 Å². The van der Waals surface area contributed by atoms with Crippen molar-refractivity contribution in [3.63, 3.8) is 0 Å². The number of hydrogen-bond acceptors (Lipinski definition) is 4. The Labute approximate surface area is 122 Å². The van der Waals surface area contributed by atoms with Crippen molar-refractivity contribution in [2.24, 2.45) is 0 Å². The van der Waals surface area contributed by atoms with Crippen molar-refractivity contribution in [2.75, 3.05) is 4.72 Å². The van der Waals surface area contributed by atoms with E-state index in [-0.39, 0.29) is 0 Å². The van der Waals surface area contributed by atoms with Gasteiger partial charge in [0.2, 0.25) is 10.9 Å². The Morgan fingerprint density at radius 1 is 1.14 bits per heavy atom. The number of benzene rings is 1. The van der Waals surface area contributed by atoms with Crippen molar-refractivity contribution in [1.82, 2.24) is 0 Å². The molecule has 2 rings (SSSR count). The van der Waals surface area contributed by atoms with Crippen LogP contribution in [0.2, 0.25) is 0 Å². The minimum absolute atomic E-state index is 0.346. The first-order valence-electron chi connectivity index (χ1n) is 6.25. The van der Waals surface area contributed by atoms with E-state index in [9.17, 15) is 13.2 Å². The van der Waals surface area contributed by atoms with Crippen LogP contribution in [0.5, 0.6) is 0 Å². The van der Waals surface area contributed by atoms with Crippen LogP contribution >= 0.6 is 0 Å². The highest BCUT2D eigenvalue weighted by molar-refractivity contribution is 7.92. The zero-order valence-electron chi connectivity index (χ0n) is 11.5. The summed E-state index contributed by atoms with van der Waals surface area (Å²) in [5, 5.41) is 8.29. The van der Waals surface area contributed by atoms with Crippen LogP contribution in [0.1, 0.15) is 35.9 Å². The van der Waals surface area contributed by atoms with Gasteiger partial charge in [-0.3, -0.25) is 4.72 Å². The standard InChI is InChI=1S/C14H15NO5S/c1-9(2)10-3-5-11(6-4-10)15-21(18,19)13-8-7-12(20-13)14(16)17/h3-9,15H,1-2H3,(H,16,17). The van der Waals surface area contributed by atoms with Gasteiger partial charge in [-0.05, 0) is 35.7 Å². The van der Waals surface area contributed by atoms with E-state index >= 15 is 0 Å². The molecule has 112 valence electrons. The van der Waals surface area contributed by atoms with Crippen molar-refractivity contribution in [2.45, 2.75) is 24.9 Å². The van der Waals surface area contributed by atoms with E-state index < -0.39 is 26.8 Å². The molecule has 0 aliphatic heterocycles. The molecule has 0 aliphatic carbocycles. The van der Waals surface area contributed by atoms with Crippen molar-refractivity contribution < 1.29 is 22.7 Å². The number of rotatable bonds is 5. The third-order valence-electron chi connectivity index (χ3n) is 2.89. The second-order valence-corrected chi connectivity index (χ2v) is 6.42. The first kappa shape index (κ1) is 15.1. The van der Waals surface area contributed by atoms with Gasteiger partial charge in [0.05, 0.1) is 0 Å². The maximum absolute atomic E-state index is 12.1. The second kappa shape index (κ2) is 5.61. The molecule has 0 radical (unpaired) electrons. The molecule has 0 bridgehead atoms. The number of carboxylic acids is 1. The highest BCUT2D eigenvalue weighted by Crippen LogP contribution is 2.21. The van der Waals surface area contributed by atoms with Gasteiger partial charge in [0.15, 0.2) is 0 Å². The SMILES string of the molecule is CC(C)c1ccc(NS(=O)(=O)c2ccc(C(=O)O)o2)cc1. The molecule has 0 spiro atoms. The van der Waals surface area contributed by atoms with E-state index in [1.54, 1.807) is 12.1 Å². The molecular weight excluding hydrogens is 294 g/mol. The molecule has 0 saturated heterocycles. The van der Waals surface area contributed by atoms with Gasteiger partial charge >= 0.3 is 5.97 Å². The first-order chi connectivity index (χ1) is 9.79. The molecule has 1 heterocycles. The minimum Gasteiger partial charge on any atom is -0.475 e. The molecule has 2 N–H and O–H groups in total. The summed E-state index contributed by atoms with van der Waals surface area (Å²) in [6.07, 6.45) is 0. The average molecular weight is 309 g/mol. The van der Waals surface area contributed by atoms with Crippen LogP contribution in [-0.2, 0) is 10.0 Å². The Morgan fingerprint density at radius 2 is 1.76 bits per heavy atom. The fourth-order valence-corrected chi connectivity index (χ4v) is 2.71. The smallest absolute Gasteiger partial charge is 0.371 e. The summed E-state index contributed by atoms with van der Waals surface area (Å²) in [5.41, 5.74) is 1.47. The van der Waals surface area contributed by atoms with Crippen LogP contribution in [0.15, 0.2) is 45.9 Å². The highest BCUT2D eigenvalue weighted by atomic mass is 32.2. The predicted octanol–water partition coefficient (Wildman–Crippen LogP) is 2.90. The Bertz CT molecular complexity index is 744. The largest absolute Gasteiger partial charge is 0.475 e. The van der Waals surface area contributed by atoms with Gasteiger partial charge in [-0.2, -0.15) is 8.42 Å². The lowest BCUT2D eigenvalue weighted by Gasteiger charge is -2.08. The topological polar surface area (TPSA) is 96.6 Å². The van der Waals surface area contributed by atoms with Crippen molar-refractivity contribution in [1.29, 1.82) is 0 Å². The van der Waals surface area contributed by atoms with Gasteiger partial charge in [-0.25, -0.2) is 4.79 Å². The number of nitrogens with one attached hydrogen (secondary N) is 1. The maximum atomic E-state index is 12.1. The van der Waals surface area contributed by atoms with Crippen LogP contribution < -0.4 is 4.72 Å². The molecule has 21 heavy (non-hydrogen) atoms. The molecular formula is C14H15NO5S. The summed E-state index contributed by atoms with van der Waals surface area (Å²) in [7, 11) is -3.94. The highest BCUT2D eigenvalue weighted by Gasteiger charge is 2.21. The van der Waals surface area contributed by atoms with E-state index in [0.717, 1.165) is 17.7 Å². The monoisotopic (exact) mass is 309 g/mol. The molecule has 0 unspecified atom stereocenters. The number of sulfonamides is 1. The normalized spacial score (nSPS) is 11.6. The zero-order chi connectivity index (χ0) is 15.6. The molecule has 0 amide bonds. The zero-order valence-corrected chi connectivity index (χ0v) is 12.3. The number of carbonyl (C=O) groups is 1. The van der Waals surface area contributed by atoms with Crippen LogP contribution in [-0.4, -0.2) is 19.5 Å². The third kappa shape index (κ3) is 3.43. The summed E-state index contributed by atoms with van der Waals surface area (Å²) in [6.45, 7) is 4.07. The van der Waals surface area contributed by atoms with Gasteiger partial charge in [0, 0.05) is 5.69 Å². The summed E-state index contributed by atoms with van der Waals surface area (Å²) < 4.78 is 31.2. The van der Waals surface area contributed by atoms with Crippen molar-refractivity contribution in [3.8, 4) is 0 Å². The van der Waals surface area contributed by atoms with E-state index in [2.05, 4.69) is 4.72 Å². The summed E-state index contributed by atoms with van der Waals surface area (Å²) in [4.78, 5) is 10.7. The number of anilines is 1. The molecule has 1 aromatic heterocycles. The lowest BCUT2D eigenvalue weighted by Crippen LogP contribution is -2.12. The number of furan rings is 1. The van der Waals surface area contributed by atoms with E-state index in [4.69, 9.17) is 9.52 Å². The van der Waals surface area contributed by atoms with Crippen molar-refractivity contribution >= 4 is 21.7 Å². The molecule has 6 nitrogen and oxygen atoms in total. The van der Waals surface area contributed by atoms with Crippen LogP contribution in [0, 0.1) is 0 Å². The fraction of sp³-hybridized carbons (Fsp3) is 0.214. The van der Waals surface area contributed by atoms with Crippen molar-refractivity contribution in [3.05, 3.63) is 47.7 Å². The second-order valence-electron chi connectivity index (χ2n) is 4.81. The number of carboxylic acid groups (broad SMARTS) is 1. The first-order valence-corrected chi connectivity index (χ1v) is 7.74. The Kier molecular flexibility index (Phi) is 4.04. The number of aromatic carboxylic acids is 1. The molecule has 0 aliphatic rings. The van der Waals surface area contributed by atoms with Crippen LogP contribution in [0.25, 0.3) is 0 Å². The van der Waals surface area contributed by atoms with Gasteiger partial charge in [0.1, 0.15) is 0 Å². The Hall–Kier alpha value is -2.28. The van der Waals surface area contributed by atoms with E-state index in [1.165, 1.54) is 0 Å². The van der Waals surface area contributed by atoms with E-state index in [1.807, 2.05) is 26.0 Å². The molecule has 1 aromatic carbocycles. The minimum atomic E-state index is -3.94. The summed E-state index contributed by atoms with van der Waals surface area (Å²) >= 11 is 0. The molecule has 0 saturated carbocycles. The molecule has 2 aromatic rings.